The van der Waals surface area contributed by atoms with Crippen LogP contribution in [-0.4, -0.2) is 8.32 Å². The van der Waals surface area contributed by atoms with Gasteiger partial charge in [-0.2, -0.15) is 0 Å². The van der Waals surface area contributed by atoms with E-state index >= 15 is 0 Å². The fraction of sp³-hybridized carbons (Fsp3) is 0.600. The molecule has 1 aromatic carbocycles. The van der Waals surface area contributed by atoms with E-state index in [1.165, 1.54) is 0 Å². The second-order valence-electron chi connectivity index (χ2n) is 7.11. The summed E-state index contributed by atoms with van der Waals surface area (Å²) in [6.07, 6.45) is 6.81. The fourth-order valence-electron chi connectivity index (χ4n) is 3.91. The minimum atomic E-state index is -2.03. The lowest BCUT2D eigenvalue weighted by Crippen LogP contribution is -2.53. The van der Waals surface area contributed by atoms with E-state index in [0.717, 1.165) is 12.0 Å². The summed E-state index contributed by atoms with van der Waals surface area (Å²) in [4.78, 5) is 0. The lowest BCUT2D eigenvalue weighted by Gasteiger charge is -2.48. The molecule has 0 spiro atoms. The van der Waals surface area contributed by atoms with Gasteiger partial charge in [-0.1, -0.05) is 84.7 Å². The molecule has 0 aromatic heterocycles. The van der Waals surface area contributed by atoms with Crippen LogP contribution >= 0.6 is 0 Å². The van der Waals surface area contributed by atoms with Crippen molar-refractivity contribution in [3.63, 3.8) is 0 Å². The Morgan fingerprint density at radius 1 is 1.00 bits per heavy atom. The maximum atomic E-state index is 7.00. The third-order valence-electron chi connectivity index (χ3n) is 5.03. The number of benzene rings is 1. The van der Waals surface area contributed by atoms with Crippen LogP contribution in [0.1, 0.15) is 60.5 Å². The summed E-state index contributed by atoms with van der Waals surface area (Å²) < 4.78 is 7.00. The zero-order valence-electron chi connectivity index (χ0n) is 15.3. The van der Waals surface area contributed by atoms with E-state index in [1.807, 2.05) is 18.2 Å². The molecule has 1 aromatic rings. The van der Waals surface area contributed by atoms with E-state index in [0.29, 0.717) is 16.6 Å². The summed E-state index contributed by atoms with van der Waals surface area (Å²) in [6, 6.07) is 10.3. The first-order valence-electron chi connectivity index (χ1n) is 8.50. The van der Waals surface area contributed by atoms with Crippen molar-refractivity contribution in [3.05, 3.63) is 35.9 Å². The maximum Gasteiger partial charge on any atom is 0.202 e. The molecule has 0 fully saturated rings. The molecule has 0 bridgehead atoms. The van der Waals surface area contributed by atoms with Crippen LogP contribution in [0.15, 0.2) is 30.3 Å². The van der Waals surface area contributed by atoms with Gasteiger partial charge in [0.2, 0.25) is 8.32 Å². The van der Waals surface area contributed by atoms with Crippen LogP contribution < -0.4 is 0 Å². The molecule has 1 rings (SSSR count). The number of rotatable bonds is 7. The van der Waals surface area contributed by atoms with E-state index in [2.05, 4.69) is 66.5 Å². The van der Waals surface area contributed by atoms with Gasteiger partial charge in [0.1, 0.15) is 5.60 Å². The predicted molar refractivity (Wildman–Crippen MR) is 99.4 cm³/mol. The Morgan fingerprint density at radius 3 is 1.77 bits per heavy atom. The normalized spacial score (nSPS) is 15.1. The first kappa shape index (κ1) is 19.0. The summed E-state index contributed by atoms with van der Waals surface area (Å²) in [6.45, 7) is 15.9. The molecule has 0 saturated heterocycles. The molecule has 0 aliphatic carbocycles. The Morgan fingerprint density at radius 2 is 1.45 bits per heavy atom. The molecule has 0 saturated carbocycles. The molecule has 0 aliphatic rings. The Balaban J connectivity index is 3.43. The van der Waals surface area contributed by atoms with Crippen molar-refractivity contribution in [1.29, 1.82) is 0 Å². The van der Waals surface area contributed by atoms with Gasteiger partial charge < -0.3 is 4.43 Å². The van der Waals surface area contributed by atoms with Crippen molar-refractivity contribution in [2.45, 2.75) is 77.1 Å². The van der Waals surface area contributed by atoms with Crippen LogP contribution in [0, 0.1) is 12.3 Å². The highest BCUT2D eigenvalue weighted by molar-refractivity contribution is 6.77. The molecule has 0 radical (unpaired) electrons. The van der Waals surface area contributed by atoms with Crippen LogP contribution in [0.4, 0.5) is 0 Å². The summed E-state index contributed by atoms with van der Waals surface area (Å²) in [5, 5.41) is 0. The molecule has 0 aliphatic heterocycles. The smallest absolute Gasteiger partial charge is 0.202 e. The summed E-state index contributed by atoms with van der Waals surface area (Å²) in [5.74, 6) is 3.01. The molecule has 0 N–H and O–H groups in total. The average Bonchev–Trinajstić information content (AvgIpc) is 2.49. The van der Waals surface area contributed by atoms with Gasteiger partial charge in [0.05, 0.1) is 0 Å². The molecule has 1 atom stereocenters. The van der Waals surface area contributed by atoms with Crippen molar-refractivity contribution in [1.82, 2.24) is 0 Å². The second kappa shape index (κ2) is 7.48. The number of terminal acetylenes is 1. The molecular weight excluding hydrogens is 284 g/mol. The SMILES string of the molecule is C#C[C@](CC)(O[Si](C(C)C)(C(C)C)C(C)C)c1ccccc1. The Bertz CT molecular complexity index is 476. The van der Waals surface area contributed by atoms with Crippen LogP contribution in [0.5, 0.6) is 0 Å². The minimum Gasteiger partial charge on any atom is -0.396 e. The molecule has 122 valence electrons. The van der Waals surface area contributed by atoms with Gasteiger partial charge in [-0.25, -0.2) is 0 Å². The predicted octanol–water partition coefficient (Wildman–Crippen LogP) is 6.12. The van der Waals surface area contributed by atoms with Gasteiger partial charge in [-0.15, -0.1) is 6.42 Å². The third kappa shape index (κ3) is 3.31. The van der Waals surface area contributed by atoms with E-state index in [-0.39, 0.29) is 0 Å². The van der Waals surface area contributed by atoms with Gasteiger partial charge in [0, 0.05) is 0 Å². The summed E-state index contributed by atoms with van der Waals surface area (Å²) >= 11 is 0. The van der Waals surface area contributed by atoms with Gasteiger partial charge in [0.15, 0.2) is 0 Å². The van der Waals surface area contributed by atoms with Crippen molar-refractivity contribution >= 4 is 8.32 Å². The second-order valence-corrected chi connectivity index (χ2v) is 12.5. The zero-order chi connectivity index (χ0) is 17.0. The Hall–Kier alpha value is -1.04. The van der Waals surface area contributed by atoms with Gasteiger partial charge >= 0.3 is 0 Å². The monoisotopic (exact) mass is 316 g/mol. The van der Waals surface area contributed by atoms with Gasteiger partial charge in [-0.3, -0.25) is 0 Å². The first-order chi connectivity index (χ1) is 10.3. The molecule has 0 heterocycles. The van der Waals surface area contributed by atoms with Gasteiger partial charge in [-0.05, 0) is 28.6 Å². The number of hydrogen-bond donors (Lipinski definition) is 0. The number of hydrogen-bond acceptors (Lipinski definition) is 1. The largest absolute Gasteiger partial charge is 0.396 e. The lowest BCUT2D eigenvalue weighted by molar-refractivity contribution is 0.101. The van der Waals surface area contributed by atoms with E-state index in [4.69, 9.17) is 10.8 Å². The van der Waals surface area contributed by atoms with Crippen molar-refractivity contribution in [2.24, 2.45) is 0 Å². The van der Waals surface area contributed by atoms with Crippen LogP contribution in [-0.2, 0) is 10.0 Å². The molecule has 0 unspecified atom stereocenters. The maximum absolute atomic E-state index is 7.00. The Labute approximate surface area is 138 Å². The van der Waals surface area contributed by atoms with Gasteiger partial charge in [0.25, 0.3) is 0 Å². The first-order valence-corrected chi connectivity index (χ1v) is 10.6. The average molecular weight is 317 g/mol. The fourth-order valence-corrected chi connectivity index (χ4v) is 9.54. The third-order valence-corrected chi connectivity index (χ3v) is 11.1. The van der Waals surface area contributed by atoms with Crippen LogP contribution in [0.3, 0.4) is 0 Å². The standard InChI is InChI=1S/C20H32OSi/c1-9-20(10-2,19-14-12-11-13-15-19)21-22(16(3)4,17(5)6)18(7)8/h1,11-18H,10H2,2-8H3/t20-/m1/s1. The zero-order valence-corrected chi connectivity index (χ0v) is 16.3. The highest BCUT2D eigenvalue weighted by Crippen LogP contribution is 2.47. The van der Waals surface area contributed by atoms with Crippen molar-refractivity contribution in [2.75, 3.05) is 0 Å². The highest BCUT2D eigenvalue weighted by atomic mass is 28.4. The molecule has 1 nitrogen and oxygen atoms in total. The molecule has 0 amide bonds. The summed E-state index contributed by atoms with van der Waals surface area (Å²) in [5.41, 5.74) is 2.08. The molecule has 2 heteroatoms. The minimum absolute atomic E-state index is 0.524. The molecular formula is C20H32OSi. The van der Waals surface area contributed by atoms with E-state index in [9.17, 15) is 0 Å². The lowest BCUT2D eigenvalue weighted by atomic mass is 9.92. The highest BCUT2D eigenvalue weighted by Gasteiger charge is 2.50. The van der Waals surface area contributed by atoms with Crippen LogP contribution in [0.2, 0.25) is 16.6 Å². The van der Waals surface area contributed by atoms with Crippen molar-refractivity contribution in [3.8, 4) is 12.3 Å². The summed E-state index contributed by atoms with van der Waals surface area (Å²) in [7, 11) is -2.03. The molecule has 22 heavy (non-hydrogen) atoms. The van der Waals surface area contributed by atoms with E-state index in [1.54, 1.807) is 0 Å². The topological polar surface area (TPSA) is 9.23 Å². The quantitative estimate of drug-likeness (QED) is 0.435. The van der Waals surface area contributed by atoms with Crippen LogP contribution in [0.25, 0.3) is 0 Å². The van der Waals surface area contributed by atoms with E-state index < -0.39 is 13.9 Å². The Kier molecular flexibility index (Phi) is 6.46. The van der Waals surface area contributed by atoms with Crippen molar-refractivity contribution < 1.29 is 4.43 Å².